The molecule has 0 radical (unpaired) electrons. The fourth-order valence-electron chi connectivity index (χ4n) is 2.21. The van der Waals surface area contributed by atoms with E-state index in [4.69, 9.17) is 16.6 Å². The summed E-state index contributed by atoms with van der Waals surface area (Å²) in [6.45, 7) is 0. The lowest BCUT2D eigenvalue weighted by atomic mass is 10.3. The van der Waals surface area contributed by atoms with Crippen molar-refractivity contribution in [2.75, 3.05) is 0 Å². The highest BCUT2D eigenvalue weighted by molar-refractivity contribution is 7.98. The Morgan fingerprint density at radius 1 is 1.17 bits per heavy atom. The fraction of sp³-hybridized carbons (Fsp3) is 0.0667. The van der Waals surface area contributed by atoms with Crippen molar-refractivity contribution < 1.29 is 4.42 Å². The summed E-state index contributed by atoms with van der Waals surface area (Å²) in [4.78, 5) is 8.51. The summed E-state index contributed by atoms with van der Waals surface area (Å²) < 4.78 is 8.13. The van der Waals surface area contributed by atoms with Crippen LogP contribution in [-0.2, 0) is 5.75 Å². The van der Waals surface area contributed by atoms with Crippen LogP contribution in [0.1, 0.15) is 5.82 Å². The number of benzene rings is 1. The maximum atomic E-state index is 5.66. The predicted octanol–water partition coefficient (Wildman–Crippen LogP) is 3.76. The third-order valence-electron chi connectivity index (χ3n) is 3.23. The summed E-state index contributed by atoms with van der Waals surface area (Å²) >= 11 is 6.78. The predicted molar refractivity (Wildman–Crippen MR) is 90.1 cm³/mol. The Balaban J connectivity index is 1.61. The zero-order valence-corrected chi connectivity index (χ0v) is 13.5. The van der Waals surface area contributed by atoms with Gasteiger partial charge in [0, 0.05) is 11.9 Å². The quantitative estimate of drug-likeness (QED) is 0.450. The standard InChI is InChI=1S/C15H11N5OS2/c22-14-19-18-12(20(14)10-5-2-1-3-6-10)9-23-15-17-13-11(21-15)7-4-8-16-13/h1-8H,9H2,(H,19,22). The number of rotatable bonds is 4. The maximum Gasteiger partial charge on any atom is 0.258 e. The Hall–Kier alpha value is -2.45. The molecule has 0 amide bonds. The van der Waals surface area contributed by atoms with Crippen molar-refractivity contribution in [3.05, 3.63) is 59.3 Å². The molecule has 1 N–H and O–H groups in total. The largest absolute Gasteiger partial charge is 0.430 e. The Morgan fingerprint density at radius 3 is 2.87 bits per heavy atom. The molecule has 6 nitrogen and oxygen atoms in total. The van der Waals surface area contributed by atoms with Gasteiger partial charge in [0.05, 0.1) is 5.75 Å². The van der Waals surface area contributed by atoms with Crippen molar-refractivity contribution in [3.8, 4) is 5.69 Å². The highest BCUT2D eigenvalue weighted by atomic mass is 32.2. The molecule has 3 heterocycles. The number of fused-ring (bicyclic) bond motifs is 1. The zero-order chi connectivity index (χ0) is 15.6. The second-order valence-electron chi connectivity index (χ2n) is 4.71. The van der Waals surface area contributed by atoms with E-state index in [0.29, 0.717) is 27.0 Å². The van der Waals surface area contributed by atoms with E-state index in [1.807, 2.05) is 47.0 Å². The van der Waals surface area contributed by atoms with Gasteiger partial charge >= 0.3 is 0 Å². The minimum absolute atomic E-state index is 0.561. The SMILES string of the molecule is S=c1[nH]nc(CSc2nc3ncccc3o2)n1-c1ccccc1. The molecular weight excluding hydrogens is 330 g/mol. The van der Waals surface area contributed by atoms with Gasteiger partial charge in [-0.25, -0.2) is 4.98 Å². The Morgan fingerprint density at radius 2 is 2.04 bits per heavy atom. The molecule has 4 aromatic rings. The van der Waals surface area contributed by atoms with E-state index < -0.39 is 0 Å². The summed E-state index contributed by atoms with van der Waals surface area (Å²) in [6, 6.07) is 13.5. The van der Waals surface area contributed by atoms with E-state index in [-0.39, 0.29) is 0 Å². The lowest BCUT2D eigenvalue weighted by molar-refractivity contribution is 0.489. The van der Waals surface area contributed by atoms with Gasteiger partial charge < -0.3 is 4.42 Å². The molecule has 0 saturated heterocycles. The molecule has 0 spiro atoms. The number of hydrogen-bond donors (Lipinski definition) is 1. The average molecular weight is 341 g/mol. The number of aromatic nitrogens is 5. The number of aromatic amines is 1. The Labute approximate surface area is 140 Å². The van der Waals surface area contributed by atoms with Crippen molar-refractivity contribution in [1.29, 1.82) is 0 Å². The summed E-state index contributed by atoms with van der Waals surface area (Å²) in [5.41, 5.74) is 2.26. The van der Waals surface area contributed by atoms with Gasteiger partial charge in [0.1, 0.15) is 5.82 Å². The van der Waals surface area contributed by atoms with Crippen LogP contribution >= 0.6 is 24.0 Å². The van der Waals surface area contributed by atoms with Gasteiger partial charge in [-0.3, -0.25) is 9.67 Å². The van der Waals surface area contributed by atoms with E-state index in [1.165, 1.54) is 11.8 Å². The second-order valence-corrected chi connectivity index (χ2v) is 6.02. The first-order valence-electron chi connectivity index (χ1n) is 6.87. The van der Waals surface area contributed by atoms with E-state index in [1.54, 1.807) is 6.20 Å². The van der Waals surface area contributed by atoms with Crippen LogP contribution in [0.2, 0.25) is 0 Å². The van der Waals surface area contributed by atoms with Gasteiger partial charge in [-0.2, -0.15) is 10.1 Å². The Bertz CT molecular complexity index is 972. The van der Waals surface area contributed by atoms with E-state index in [9.17, 15) is 0 Å². The van der Waals surface area contributed by atoms with Crippen molar-refractivity contribution in [2.24, 2.45) is 0 Å². The van der Waals surface area contributed by atoms with E-state index in [2.05, 4.69) is 20.2 Å². The van der Waals surface area contributed by atoms with E-state index in [0.717, 1.165) is 11.5 Å². The fourth-order valence-corrected chi connectivity index (χ4v) is 3.21. The summed E-state index contributed by atoms with van der Waals surface area (Å²) in [5.74, 6) is 1.39. The molecule has 0 saturated carbocycles. The molecular formula is C15H11N5OS2. The molecule has 0 fully saturated rings. The van der Waals surface area contributed by atoms with Crippen LogP contribution in [0.25, 0.3) is 16.9 Å². The number of hydrogen-bond acceptors (Lipinski definition) is 6. The molecule has 4 rings (SSSR count). The first kappa shape index (κ1) is 14.2. The molecule has 23 heavy (non-hydrogen) atoms. The molecule has 0 bridgehead atoms. The maximum absolute atomic E-state index is 5.66. The molecule has 0 atom stereocenters. The lowest BCUT2D eigenvalue weighted by Crippen LogP contribution is -1.99. The van der Waals surface area contributed by atoms with Gasteiger partial charge in [0.2, 0.25) is 0 Å². The number of H-pyrrole nitrogens is 1. The van der Waals surface area contributed by atoms with E-state index >= 15 is 0 Å². The monoisotopic (exact) mass is 341 g/mol. The average Bonchev–Trinajstić information content (AvgIpc) is 3.16. The summed E-state index contributed by atoms with van der Waals surface area (Å²) in [5, 5.41) is 7.70. The molecule has 0 aliphatic heterocycles. The summed E-state index contributed by atoms with van der Waals surface area (Å²) in [6.07, 6.45) is 1.69. The number of thioether (sulfide) groups is 1. The number of nitrogens with one attached hydrogen (secondary N) is 1. The van der Waals surface area contributed by atoms with Gasteiger partial charge in [-0.05, 0) is 36.5 Å². The molecule has 0 aliphatic carbocycles. The lowest BCUT2D eigenvalue weighted by Gasteiger charge is -2.05. The van der Waals surface area contributed by atoms with Gasteiger partial charge in [-0.1, -0.05) is 30.0 Å². The van der Waals surface area contributed by atoms with Crippen LogP contribution in [0, 0.1) is 4.77 Å². The highest BCUT2D eigenvalue weighted by Crippen LogP contribution is 2.25. The number of pyridine rings is 1. The normalized spacial score (nSPS) is 11.1. The second kappa shape index (κ2) is 5.98. The number of nitrogens with zero attached hydrogens (tertiary/aromatic N) is 4. The van der Waals surface area contributed by atoms with Crippen LogP contribution in [0.3, 0.4) is 0 Å². The van der Waals surface area contributed by atoms with Crippen LogP contribution in [0.15, 0.2) is 58.3 Å². The van der Waals surface area contributed by atoms with Gasteiger partial charge in [0.15, 0.2) is 16.0 Å². The van der Waals surface area contributed by atoms with Crippen molar-refractivity contribution in [1.82, 2.24) is 24.7 Å². The number of oxazole rings is 1. The molecule has 8 heteroatoms. The molecule has 0 aliphatic rings. The van der Waals surface area contributed by atoms with Crippen molar-refractivity contribution in [3.63, 3.8) is 0 Å². The van der Waals surface area contributed by atoms with Crippen LogP contribution in [-0.4, -0.2) is 24.7 Å². The minimum Gasteiger partial charge on any atom is -0.430 e. The number of para-hydroxylation sites is 1. The van der Waals surface area contributed by atoms with Crippen LogP contribution in [0.4, 0.5) is 0 Å². The first-order chi connectivity index (χ1) is 11.3. The minimum atomic E-state index is 0.561. The molecule has 0 unspecified atom stereocenters. The Kier molecular flexibility index (Phi) is 3.68. The van der Waals surface area contributed by atoms with Gasteiger partial charge in [0.25, 0.3) is 5.22 Å². The summed E-state index contributed by atoms with van der Waals surface area (Å²) in [7, 11) is 0. The van der Waals surface area contributed by atoms with Crippen LogP contribution < -0.4 is 0 Å². The van der Waals surface area contributed by atoms with Crippen LogP contribution in [0.5, 0.6) is 0 Å². The first-order valence-corrected chi connectivity index (χ1v) is 8.27. The smallest absolute Gasteiger partial charge is 0.258 e. The zero-order valence-electron chi connectivity index (χ0n) is 11.8. The topological polar surface area (TPSA) is 72.5 Å². The van der Waals surface area contributed by atoms with Gasteiger partial charge in [-0.15, -0.1) is 0 Å². The molecule has 1 aromatic carbocycles. The third-order valence-corrected chi connectivity index (χ3v) is 4.32. The third kappa shape index (κ3) is 2.78. The highest BCUT2D eigenvalue weighted by Gasteiger charge is 2.12. The van der Waals surface area contributed by atoms with Crippen molar-refractivity contribution in [2.45, 2.75) is 11.0 Å². The molecule has 3 aromatic heterocycles. The van der Waals surface area contributed by atoms with Crippen molar-refractivity contribution >= 4 is 35.2 Å². The molecule has 114 valence electrons.